The van der Waals surface area contributed by atoms with Crippen LogP contribution in [0.25, 0.3) is 0 Å². The zero-order valence-electron chi connectivity index (χ0n) is 17.6. The standard InChI is InChI=1S/C24H28N2O4/c1-24(2,3)18-11-9-17(10-12-18)22(28)25-15-20(27)30-21(16-7-5-4-6-8-16)23(29)26-19-13-14-19/h4-12,19,21H,13-15H2,1-3H3,(H,25,28)(H,26,29)/t21-/m0/s1. The topological polar surface area (TPSA) is 84.5 Å². The molecule has 2 amide bonds. The molecule has 6 nitrogen and oxygen atoms in total. The molecule has 6 heteroatoms. The molecule has 2 aromatic rings. The molecule has 1 aliphatic carbocycles. The lowest BCUT2D eigenvalue weighted by atomic mass is 9.87. The van der Waals surface area contributed by atoms with Crippen molar-refractivity contribution in [3.8, 4) is 0 Å². The molecule has 1 atom stereocenters. The van der Waals surface area contributed by atoms with Crippen LogP contribution in [0.1, 0.15) is 61.2 Å². The Morgan fingerprint density at radius 1 is 1.00 bits per heavy atom. The van der Waals surface area contributed by atoms with Crippen LogP contribution in [0.3, 0.4) is 0 Å². The lowest BCUT2D eigenvalue weighted by Gasteiger charge is -2.19. The minimum Gasteiger partial charge on any atom is -0.446 e. The maximum absolute atomic E-state index is 12.5. The molecule has 1 fully saturated rings. The van der Waals surface area contributed by atoms with Crippen LogP contribution in [-0.2, 0) is 19.7 Å². The van der Waals surface area contributed by atoms with Gasteiger partial charge in [0, 0.05) is 17.2 Å². The second-order valence-electron chi connectivity index (χ2n) is 8.57. The summed E-state index contributed by atoms with van der Waals surface area (Å²) in [5.41, 5.74) is 2.16. The van der Waals surface area contributed by atoms with Crippen molar-refractivity contribution in [3.63, 3.8) is 0 Å². The van der Waals surface area contributed by atoms with Crippen LogP contribution >= 0.6 is 0 Å². The number of hydrogen-bond acceptors (Lipinski definition) is 4. The number of rotatable bonds is 7. The summed E-state index contributed by atoms with van der Waals surface area (Å²) in [5.74, 6) is -1.39. The van der Waals surface area contributed by atoms with Gasteiger partial charge >= 0.3 is 5.97 Å². The number of ether oxygens (including phenoxy) is 1. The number of carbonyl (C=O) groups excluding carboxylic acids is 3. The van der Waals surface area contributed by atoms with E-state index in [-0.39, 0.29) is 29.8 Å². The van der Waals surface area contributed by atoms with E-state index in [0.29, 0.717) is 11.1 Å². The maximum Gasteiger partial charge on any atom is 0.326 e. The van der Waals surface area contributed by atoms with E-state index in [0.717, 1.165) is 18.4 Å². The quantitative estimate of drug-likeness (QED) is 0.689. The van der Waals surface area contributed by atoms with Crippen LogP contribution in [0.2, 0.25) is 0 Å². The van der Waals surface area contributed by atoms with Crippen molar-refractivity contribution in [1.82, 2.24) is 10.6 Å². The summed E-state index contributed by atoms with van der Waals surface area (Å²) in [5, 5.41) is 5.42. The third kappa shape index (κ3) is 5.92. The Morgan fingerprint density at radius 3 is 2.20 bits per heavy atom. The number of amides is 2. The number of benzene rings is 2. The van der Waals surface area contributed by atoms with E-state index in [1.807, 2.05) is 18.2 Å². The van der Waals surface area contributed by atoms with Gasteiger partial charge in [0.2, 0.25) is 6.10 Å². The van der Waals surface area contributed by atoms with Crippen LogP contribution in [0.15, 0.2) is 54.6 Å². The molecule has 0 heterocycles. The SMILES string of the molecule is CC(C)(C)c1ccc(C(=O)NCC(=O)O[C@H](C(=O)NC2CC2)c2ccccc2)cc1. The third-order valence-corrected chi connectivity index (χ3v) is 4.92. The zero-order chi connectivity index (χ0) is 21.7. The molecule has 2 N–H and O–H groups in total. The Labute approximate surface area is 177 Å². The molecular formula is C24H28N2O4. The average molecular weight is 408 g/mol. The Kier molecular flexibility index (Phi) is 6.55. The second-order valence-corrected chi connectivity index (χ2v) is 8.57. The van der Waals surface area contributed by atoms with Gasteiger partial charge in [-0.3, -0.25) is 14.4 Å². The predicted octanol–water partition coefficient (Wildman–Crippen LogP) is 3.28. The molecule has 0 bridgehead atoms. The molecule has 2 aromatic carbocycles. The normalized spacial score (nSPS) is 14.5. The van der Waals surface area contributed by atoms with E-state index in [1.165, 1.54) is 0 Å². The average Bonchev–Trinajstić information content (AvgIpc) is 3.54. The summed E-state index contributed by atoms with van der Waals surface area (Å²) < 4.78 is 5.41. The van der Waals surface area contributed by atoms with E-state index in [1.54, 1.807) is 36.4 Å². The second kappa shape index (κ2) is 9.11. The van der Waals surface area contributed by atoms with Crippen molar-refractivity contribution in [2.45, 2.75) is 51.2 Å². The first-order valence-electron chi connectivity index (χ1n) is 10.2. The summed E-state index contributed by atoms with van der Waals surface area (Å²) in [4.78, 5) is 37.2. The van der Waals surface area contributed by atoms with Crippen molar-refractivity contribution in [2.75, 3.05) is 6.54 Å². The van der Waals surface area contributed by atoms with Gasteiger partial charge in [-0.2, -0.15) is 0 Å². The van der Waals surface area contributed by atoms with Crippen LogP contribution in [0.5, 0.6) is 0 Å². The smallest absolute Gasteiger partial charge is 0.326 e. The summed E-state index contributed by atoms with van der Waals surface area (Å²) >= 11 is 0. The summed E-state index contributed by atoms with van der Waals surface area (Å²) in [6, 6.07) is 16.3. The van der Waals surface area contributed by atoms with Gasteiger partial charge in [0.1, 0.15) is 6.54 Å². The molecule has 0 aliphatic heterocycles. The summed E-state index contributed by atoms with van der Waals surface area (Å²) in [6.45, 7) is 5.97. The van der Waals surface area contributed by atoms with Crippen LogP contribution < -0.4 is 10.6 Å². The van der Waals surface area contributed by atoms with Gasteiger partial charge in [0.25, 0.3) is 11.8 Å². The van der Waals surface area contributed by atoms with Gasteiger partial charge < -0.3 is 15.4 Å². The van der Waals surface area contributed by atoms with E-state index in [2.05, 4.69) is 31.4 Å². The fraction of sp³-hybridized carbons (Fsp3) is 0.375. The van der Waals surface area contributed by atoms with Gasteiger partial charge in [-0.05, 0) is 36.0 Å². The van der Waals surface area contributed by atoms with E-state index in [4.69, 9.17) is 4.74 Å². The summed E-state index contributed by atoms with van der Waals surface area (Å²) in [7, 11) is 0. The molecule has 1 aliphatic rings. The minimum absolute atomic E-state index is 0.00764. The maximum atomic E-state index is 12.5. The number of carbonyl (C=O) groups is 3. The first-order valence-corrected chi connectivity index (χ1v) is 10.2. The lowest BCUT2D eigenvalue weighted by Crippen LogP contribution is -2.36. The van der Waals surface area contributed by atoms with Crippen LogP contribution in [0, 0.1) is 0 Å². The van der Waals surface area contributed by atoms with Crippen molar-refractivity contribution in [2.24, 2.45) is 0 Å². The monoisotopic (exact) mass is 408 g/mol. The van der Waals surface area contributed by atoms with Crippen molar-refractivity contribution in [3.05, 3.63) is 71.3 Å². The molecule has 0 unspecified atom stereocenters. The molecule has 30 heavy (non-hydrogen) atoms. The largest absolute Gasteiger partial charge is 0.446 e. The first-order chi connectivity index (χ1) is 14.2. The van der Waals surface area contributed by atoms with Crippen molar-refractivity contribution < 1.29 is 19.1 Å². The highest BCUT2D eigenvalue weighted by Crippen LogP contribution is 2.24. The number of hydrogen-bond donors (Lipinski definition) is 2. The fourth-order valence-corrected chi connectivity index (χ4v) is 2.95. The first kappa shape index (κ1) is 21.6. The van der Waals surface area contributed by atoms with Gasteiger partial charge in [-0.1, -0.05) is 63.2 Å². The van der Waals surface area contributed by atoms with E-state index >= 15 is 0 Å². The van der Waals surface area contributed by atoms with Gasteiger partial charge in [-0.25, -0.2) is 0 Å². The Hall–Kier alpha value is -3.15. The molecule has 1 saturated carbocycles. The van der Waals surface area contributed by atoms with Crippen molar-refractivity contribution in [1.29, 1.82) is 0 Å². The van der Waals surface area contributed by atoms with Gasteiger partial charge in [-0.15, -0.1) is 0 Å². The molecule has 0 spiro atoms. The molecule has 0 aromatic heterocycles. The molecule has 3 rings (SSSR count). The highest BCUT2D eigenvalue weighted by Gasteiger charge is 2.30. The Balaban J connectivity index is 1.58. The highest BCUT2D eigenvalue weighted by atomic mass is 16.5. The molecule has 0 saturated heterocycles. The highest BCUT2D eigenvalue weighted by molar-refractivity contribution is 5.96. The zero-order valence-corrected chi connectivity index (χ0v) is 17.6. The van der Waals surface area contributed by atoms with Crippen molar-refractivity contribution >= 4 is 17.8 Å². The molecule has 0 radical (unpaired) electrons. The predicted molar refractivity (Wildman–Crippen MR) is 114 cm³/mol. The van der Waals surface area contributed by atoms with E-state index in [9.17, 15) is 14.4 Å². The number of nitrogens with one attached hydrogen (secondary N) is 2. The fourth-order valence-electron chi connectivity index (χ4n) is 2.95. The van der Waals surface area contributed by atoms with Crippen LogP contribution in [0.4, 0.5) is 0 Å². The molecule has 158 valence electrons. The summed E-state index contributed by atoms with van der Waals surface area (Å²) in [6.07, 6.45) is 0.832. The third-order valence-electron chi connectivity index (χ3n) is 4.92. The number of esters is 1. The Bertz CT molecular complexity index is 897. The molecular weight excluding hydrogens is 380 g/mol. The van der Waals surface area contributed by atoms with Crippen LogP contribution in [-0.4, -0.2) is 30.4 Å². The minimum atomic E-state index is -1.04. The Morgan fingerprint density at radius 2 is 1.63 bits per heavy atom. The van der Waals surface area contributed by atoms with Gasteiger partial charge in [0.15, 0.2) is 0 Å². The van der Waals surface area contributed by atoms with E-state index < -0.39 is 12.1 Å². The lowest BCUT2D eigenvalue weighted by molar-refractivity contribution is -0.155. The van der Waals surface area contributed by atoms with Gasteiger partial charge in [0.05, 0.1) is 0 Å².